The van der Waals surface area contributed by atoms with E-state index in [1.807, 2.05) is 10.6 Å². The van der Waals surface area contributed by atoms with Crippen LogP contribution in [0.15, 0.2) is 18.2 Å². The van der Waals surface area contributed by atoms with Gasteiger partial charge in [-0.3, -0.25) is 4.90 Å². The highest BCUT2D eigenvalue weighted by Crippen LogP contribution is 2.24. The van der Waals surface area contributed by atoms with Gasteiger partial charge in [-0.2, -0.15) is 9.61 Å². The highest BCUT2D eigenvalue weighted by atomic mass is 32.1. The van der Waals surface area contributed by atoms with Crippen molar-refractivity contribution < 1.29 is 9.47 Å². The Hall–Kier alpha value is -2.03. The molecule has 0 atom stereocenters. The van der Waals surface area contributed by atoms with Crippen LogP contribution >= 0.6 is 11.3 Å². The van der Waals surface area contributed by atoms with E-state index in [2.05, 4.69) is 46.2 Å². The molecule has 132 valence electrons. The topological polar surface area (TPSA) is 64.8 Å². The monoisotopic (exact) mass is 359 g/mol. The normalized spacial score (nSPS) is 15.8. The summed E-state index contributed by atoms with van der Waals surface area (Å²) in [7, 11) is 0. The first-order valence-corrected chi connectivity index (χ1v) is 9.21. The number of ether oxygens (including phenoxy) is 2. The first-order valence-electron chi connectivity index (χ1n) is 8.40. The molecule has 7 nitrogen and oxygen atoms in total. The maximum absolute atomic E-state index is 6.00. The maximum Gasteiger partial charge on any atom is 0.234 e. The standard InChI is InChI=1S/C17H21N5O2S/c1-12-4-3-5-13(2)16(12)24-11-15-20-22-14(18-19-17(22)25-15)10-21-6-8-23-9-7-21/h3-5H,6-11H2,1-2H3. The van der Waals surface area contributed by atoms with E-state index >= 15 is 0 Å². The van der Waals surface area contributed by atoms with Crippen LogP contribution < -0.4 is 4.74 Å². The minimum absolute atomic E-state index is 0.441. The Labute approximate surface area is 150 Å². The van der Waals surface area contributed by atoms with Crippen LogP contribution in [0.2, 0.25) is 0 Å². The van der Waals surface area contributed by atoms with Gasteiger partial charge in [0.15, 0.2) is 10.8 Å². The Bertz CT molecular complexity index is 849. The molecule has 8 heteroatoms. The Morgan fingerprint density at radius 3 is 2.68 bits per heavy atom. The van der Waals surface area contributed by atoms with Crippen molar-refractivity contribution in [1.82, 2.24) is 24.7 Å². The fourth-order valence-electron chi connectivity index (χ4n) is 2.97. The SMILES string of the molecule is Cc1cccc(C)c1OCc1nn2c(CN3CCOCC3)nnc2s1. The fourth-order valence-corrected chi connectivity index (χ4v) is 3.74. The van der Waals surface area contributed by atoms with Crippen LogP contribution in [0.4, 0.5) is 0 Å². The molecule has 0 radical (unpaired) electrons. The summed E-state index contributed by atoms with van der Waals surface area (Å²) < 4.78 is 13.2. The Morgan fingerprint density at radius 2 is 1.92 bits per heavy atom. The number of morpholine rings is 1. The first kappa shape index (κ1) is 16.4. The van der Waals surface area contributed by atoms with Gasteiger partial charge in [-0.05, 0) is 25.0 Å². The number of nitrogens with zero attached hydrogens (tertiary/aromatic N) is 5. The molecular weight excluding hydrogens is 338 g/mol. The van der Waals surface area contributed by atoms with Gasteiger partial charge in [0.25, 0.3) is 0 Å². The van der Waals surface area contributed by atoms with E-state index in [9.17, 15) is 0 Å². The fraction of sp³-hybridized carbons (Fsp3) is 0.471. The molecule has 1 aliphatic heterocycles. The van der Waals surface area contributed by atoms with Gasteiger partial charge >= 0.3 is 0 Å². The Balaban J connectivity index is 1.48. The number of aryl methyl sites for hydroxylation is 2. The second kappa shape index (κ2) is 7.07. The highest BCUT2D eigenvalue weighted by Gasteiger charge is 2.17. The summed E-state index contributed by atoms with van der Waals surface area (Å²) in [5, 5.41) is 14.1. The summed E-state index contributed by atoms with van der Waals surface area (Å²) in [5.41, 5.74) is 2.27. The van der Waals surface area contributed by atoms with E-state index < -0.39 is 0 Å². The van der Waals surface area contributed by atoms with E-state index in [0.717, 1.165) is 65.5 Å². The van der Waals surface area contributed by atoms with E-state index in [1.165, 1.54) is 11.3 Å². The molecule has 1 aliphatic rings. The smallest absolute Gasteiger partial charge is 0.234 e. The van der Waals surface area contributed by atoms with Gasteiger partial charge < -0.3 is 9.47 Å². The maximum atomic E-state index is 6.00. The second-order valence-electron chi connectivity index (χ2n) is 6.20. The molecule has 0 bridgehead atoms. The lowest BCUT2D eigenvalue weighted by Gasteiger charge is -2.25. The summed E-state index contributed by atoms with van der Waals surface area (Å²) in [6.07, 6.45) is 0. The molecular formula is C17H21N5O2S. The first-order chi connectivity index (χ1) is 12.2. The third-order valence-corrected chi connectivity index (χ3v) is 5.19. The molecule has 4 rings (SSSR count). The van der Waals surface area contributed by atoms with Crippen molar-refractivity contribution >= 4 is 16.3 Å². The number of hydrogen-bond donors (Lipinski definition) is 0. The molecule has 0 spiro atoms. The van der Waals surface area contributed by atoms with Crippen LogP contribution in [-0.4, -0.2) is 51.0 Å². The number of aromatic nitrogens is 4. The lowest BCUT2D eigenvalue weighted by molar-refractivity contribution is 0.0328. The van der Waals surface area contributed by atoms with Gasteiger partial charge in [-0.25, -0.2) is 0 Å². The van der Waals surface area contributed by atoms with Crippen molar-refractivity contribution in [3.63, 3.8) is 0 Å². The molecule has 2 aromatic heterocycles. The van der Waals surface area contributed by atoms with Gasteiger partial charge in [0.05, 0.1) is 19.8 Å². The van der Waals surface area contributed by atoms with Crippen molar-refractivity contribution in [1.29, 1.82) is 0 Å². The summed E-state index contributed by atoms with van der Waals surface area (Å²) in [4.78, 5) is 3.12. The van der Waals surface area contributed by atoms with Gasteiger partial charge in [-0.1, -0.05) is 29.5 Å². The second-order valence-corrected chi connectivity index (χ2v) is 7.25. The molecule has 3 aromatic rings. The van der Waals surface area contributed by atoms with Crippen LogP contribution in [0, 0.1) is 13.8 Å². The lowest BCUT2D eigenvalue weighted by Crippen LogP contribution is -2.36. The quantitative estimate of drug-likeness (QED) is 0.696. The third-order valence-electron chi connectivity index (χ3n) is 4.31. The average Bonchev–Trinajstić information content (AvgIpc) is 3.17. The molecule has 0 aliphatic carbocycles. The predicted octanol–water partition coefficient (Wildman–Crippen LogP) is 2.21. The number of para-hydroxylation sites is 1. The van der Waals surface area contributed by atoms with Crippen molar-refractivity contribution in [2.75, 3.05) is 26.3 Å². The Kier molecular flexibility index (Phi) is 4.65. The predicted molar refractivity (Wildman–Crippen MR) is 95.0 cm³/mol. The summed E-state index contributed by atoms with van der Waals surface area (Å²) in [6, 6.07) is 6.15. The molecule has 25 heavy (non-hydrogen) atoms. The molecule has 1 aromatic carbocycles. The minimum Gasteiger partial charge on any atom is -0.486 e. The van der Waals surface area contributed by atoms with E-state index in [1.54, 1.807) is 0 Å². The zero-order valence-corrected chi connectivity index (χ0v) is 15.3. The van der Waals surface area contributed by atoms with E-state index in [0.29, 0.717) is 6.61 Å². The van der Waals surface area contributed by atoms with Gasteiger partial charge in [0.1, 0.15) is 12.4 Å². The lowest BCUT2D eigenvalue weighted by atomic mass is 10.1. The molecule has 0 amide bonds. The van der Waals surface area contributed by atoms with Crippen LogP contribution in [0.5, 0.6) is 5.75 Å². The highest BCUT2D eigenvalue weighted by molar-refractivity contribution is 7.16. The zero-order chi connectivity index (χ0) is 17.2. The molecule has 1 saturated heterocycles. The number of rotatable bonds is 5. The van der Waals surface area contributed by atoms with Crippen LogP contribution in [0.1, 0.15) is 22.0 Å². The van der Waals surface area contributed by atoms with Crippen LogP contribution in [0.3, 0.4) is 0 Å². The van der Waals surface area contributed by atoms with E-state index in [4.69, 9.17) is 9.47 Å². The molecule has 3 heterocycles. The summed E-state index contributed by atoms with van der Waals surface area (Å²) in [6.45, 7) is 8.68. The molecule has 0 saturated carbocycles. The number of benzene rings is 1. The Morgan fingerprint density at radius 1 is 1.16 bits per heavy atom. The van der Waals surface area contributed by atoms with Crippen LogP contribution in [0.25, 0.3) is 4.96 Å². The third kappa shape index (κ3) is 3.51. The average molecular weight is 359 g/mol. The van der Waals surface area contributed by atoms with Crippen LogP contribution in [-0.2, 0) is 17.9 Å². The largest absolute Gasteiger partial charge is 0.486 e. The van der Waals surface area contributed by atoms with Gasteiger partial charge in [0.2, 0.25) is 4.96 Å². The molecule has 0 N–H and O–H groups in total. The molecule has 1 fully saturated rings. The van der Waals surface area contributed by atoms with Gasteiger partial charge in [0, 0.05) is 13.1 Å². The zero-order valence-electron chi connectivity index (χ0n) is 14.4. The number of fused-ring (bicyclic) bond motifs is 1. The molecule has 0 unspecified atom stereocenters. The van der Waals surface area contributed by atoms with Crippen molar-refractivity contribution in [3.8, 4) is 5.75 Å². The summed E-state index contributed by atoms with van der Waals surface area (Å²) in [5.74, 6) is 1.80. The minimum atomic E-state index is 0.441. The van der Waals surface area contributed by atoms with Crippen molar-refractivity contribution in [3.05, 3.63) is 40.2 Å². The van der Waals surface area contributed by atoms with Crippen molar-refractivity contribution in [2.45, 2.75) is 27.0 Å². The number of hydrogen-bond acceptors (Lipinski definition) is 7. The van der Waals surface area contributed by atoms with Crippen molar-refractivity contribution in [2.24, 2.45) is 0 Å². The summed E-state index contributed by atoms with van der Waals surface area (Å²) >= 11 is 1.52. The van der Waals surface area contributed by atoms with E-state index in [-0.39, 0.29) is 0 Å². The van der Waals surface area contributed by atoms with Gasteiger partial charge in [-0.15, -0.1) is 10.2 Å².